The molecule has 3 rings (SSSR count). The molecule has 0 aliphatic carbocycles. The van der Waals surface area contributed by atoms with Gasteiger partial charge in [0.15, 0.2) is 6.61 Å². The van der Waals surface area contributed by atoms with Crippen LogP contribution in [0.1, 0.15) is 10.4 Å². The second-order valence-electron chi connectivity index (χ2n) is 6.40. The number of ether oxygens (including phenoxy) is 1. The topological polar surface area (TPSA) is 112 Å². The maximum absolute atomic E-state index is 12.3. The molecule has 8 heteroatoms. The summed E-state index contributed by atoms with van der Waals surface area (Å²) in [7, 11) is 0. The van der Waals surface area contributed by atoms with Crippen LogP contribution in [0.25, 0.3) is 0 Å². The Morgan fingerprint density at radius 1 is 0.839 bits per heavy atom. The number of carbonyl (C=O) groups is 2. The molecule has 0 aliphatic rings. The molecular formula is C23H22N4O4. The van der Waals surface area contributed by atoms with Crippen LogP contribution in [-0.4, -0.2) is 36.7 Å². The molecular weight excluding hydrogens is 396 g/mol. The minimum atomic E-state index is -0.632. The average Bonchev–Trinajstić information content (AvgIpc) is 2.81. The van der Waals surface area contributed by atoms with Crippen LogP contribution in [0.3, 0.4) is 0 Å². The molecule has 0 fully saturated rings. The van der Waals surface area contributed by atoms with E-state index in [0.29, 0.717) is 23.6 Å². The van der Waals surface area contributed by atoms with E-state index in [9.17, 15) is 9.59 Å². The van der Waals surface area contributed by atoms with Crippen molar-refractivity contribution in [3.05, 3.63) is 84.4 Å². The van der Waals surface area contributed by atoms with Crippen LogP contribution in [0.5, 0.6) is 0 Å². The third kappa shape index (κ3) is 6.76. The van der Waals surface area contributed by atoms with Crippen molar-refractivity contribution < 1.29 is 19.4 Å². The first-order chi connectivity index (χ1) is 15.2. The number of hydrogen-bond donors (Lipinski definition) is 3. The Morgan fingerprint density at radius 3 is 2.19 bits per heavy atom. The van der Waals surface area contributed by atoms with Gasteiger partial charge < -0.3 is 20.5 Å². The SMILES string of the molecule is O=C(COC(=O)c1ccccc1NCCO)Nc1ccc(N=Nc2ccccc2)cc1. The fourth-order valence-corrected chi connectivity index (χ4v) is 2.63. The summed E-state index contributed by atoms with van der Waals surface area (Å²) in [5.74, 6) is -1.10. The Bertz CT molecular complexity index is 1040. The summed E-state index contributed by atoms with van der Waals surface area (Å²) in [6.45, 7) is -0.202. The van der Waals surface area contributed by atoms with E-state index in [0.717, 1.165) is 5.69 Å². The van der Waals surface area contributed by atoms with Gasteiger partial charge >= 0.3 is 5.97 Å². The molecule has 3 aromatic rings. The van der Waals surface area contributed by atoms with Gasteiger partial charge in [0, 0.05) is 17.9 Å². The van der Waals surface area contributed by atoms with Gasteiger partial charge in [0.1, 0.15) is 0 Å². The summed E-state index contributed by atoms with van der Waals surface area (Å²) < 4.78 is 5.11. The molecule has 0 atom stereocenters. The summed E-state index contributed by atoms with van der Waals surface area (Å²) in [4.78, 5) is 24.4. The molecule has 0 aromatic heterocycles. The number of anilines is 2. The zero-order chi connectivity index (χ0) is 21.9. The van der Waals surface area contributed by atoms with E-state index in [1.807, 2.05) is 30.3 Å². The van der Waals surface area contributed by atoms with Crippen LogP contribution in [0.15, 0.2) is 89.1 Å². The minimum Gasteiger partial charge on any atom is -0.452 e. The van der Waals surface area contributed by atoms with Crippen LogP contribution in [0, 0.1) is 0 Å². The molecule has 0 saturated carbocycles. The van der Waals surface area contributed by atoms with Crippen molar-refractivity contribution in [3.8, 4) is 0 Å². The molecule has 0 spiro atoms. The predicted molar refractivity (Wildman–Crippen MR) is 118 cm³/mol. The van der Waals surface area contributed by atoms with Crippen molar-refractivity contribution in [2.45, 2.75) is 0 Å². The lowest BCUT2D eigenvalue weighted by molar-refractivity contribution is -0.119. The molecule has 0 unspecified atom stereocenters. The molecule has 31 heavy (non-hydrogen) atoms. The quantitative estimate of drug-likeness (QED) is 0.354. The van der Waals surface area contributed by atoms with Gasteiger partial charge in [-0.05, 0) is 48.5 Å². The zero-order valence-electron chi connectivity index (χ0n) is 16.7. The van der Waals surface area contributed by atoms with E-state index < -0.39 is 18.5 Å². The molecule has 3 N–H and O–H groups in total. The Hall–Kier alpha value is -4.04. The van der Waals surface area contributed by atoms with Crippen LogP contribution in [-0.2, 0) is 9.53 Å². The lowest BCUT2D eigenvalue weighted by Gasteiger charge is -2.11. The highest BCUT2D eigenvalue weighted by molar-refractivity contribution is 5.98. The lowest BCUT2D eigenvalue weighted by atomic mass is 10.2. The van der Waals surface area contributed by atoms with Gasteiger partial charge in [-0.1, -0.05) is 30.3 Å². The van der Waals surface area contributed by atoms with Crippen LogP contribution >= 0.6 is 0 Å². The second-order valence-corrected chi connectivity index (χ2v) is 6.40. The molecule has 8 nitrogen and oxygen atoms in total. The molecule has 0 aliphatic heterocycles. The summed E-state index contributed by atoms with van der Waals surface area (Å²) in [5.41, 5.74) is 2.75. The van der Waals surface area contributed by atoms with Crippen molar-refractivity contribution >= 4 is 34.6 Å². The number of benzene rings is 3. The monoisotopic (exact) mass is 418 g/mol. The highest BCUT2D eigenvalue weighted by atomic mass is 16.5. The summed E-state index contributed by atoms with van der Waals surface area (Å²) in [5, 5.41) is 22.8. The number of nitrogens with one attached hydrogen (secondary N) is 2. The Kier molecular flexibility index (Phi) is 7.84. The molecule has 158 valence electrons. The summed E-state index contributed by atoms with van der Waals surface area (Å²) >= 11 is 0. The fourth-order valence-electron chi connectivity index (χ4n) is 2.63. The van der Waals surface area contributed by atoms with Gasteiger partial charge in [0.2, 0.25) is 0 Å². The Balaban J connectivity index is 1.51. The van der Waals surface area contributed by atoms with E-state index in [4.69, 9.17) is 9.84 Å². The number of rotatable bonds is 9. The van der Waals surface area contributed by atoms with Crippen molar-refractivity contribution in [2.75, 3.05) is 30.4 Å². The minimum absolute atomic E-state index is 0.0712. The van der Waals surface area contributed by atoms with Crippen LogP contribution in [0.4, 0.5) is 22.7 Å². The van der Waals surface area contributed by atoms with Crippen molar-refractivity contribution in [3.63, 3.8) is 0 Å². The lowest BCUT2D eigenvalue weighted by Crippen LogP contribution is -2.21. The Morgan fingerprint density at radius 2 is 1.48 bits per heavy atom. The molecule has 3 aromatic carbocycles. The highest BCUT2D eigenvalue weighted by Crippen LogP contribution is 2.20. The Labute approximate surface area is 179 Å². The molecule has 0 bridgehead atoms. The third-order valence-corrected chi connectivity index (χ3v) is 4.10. The van der Waals surface area contributed by atoms with Crippen LogP contribution < -0.4 is 10.6 Å². The molecule has 1 amide bonds. The van der Waals surface area contributed by atoms with Gasteiger partial charge in [-0.3, -0.25) is 4.79 Å². The maximum atomic E-state index is 12.3. The number of nitrogens with zero attached hydrogens (tertiary/aromatic N) is 2. The van der Waals surface area contributed by atoms with E-state index in [-0.39, 0.29) is 12.2 Å². The zero-order valence-corrected chi connectivity index (χ0v) is 16.7. The van der Waals surface area contributed by atoms with Gasteiger partial charge in [-0.15, -0.1) is 0 Å². The van der Waals surface area contributed by atoms with Gasteiger partial charge in [-0.2, -0.15) is 10.2 Å². The molecule has 0 saturated heterocycles. The number of azo groups is 1. The predicted octanol–water partition coefficient (Wildman–Crippen LogP) is 4.30. The van der Waals surface area contributed by atoms with E-state index >= 15 is 0 Å². The number of hydrogen-bond acceptors (Lipinski definition) is 7. The van der Waals surface area contributed by atoms with Crippen LogP contribution in [0.2, 0.25) is 0 Å². The summed E-state index contributed by atoms with van der Waals surface area (Å²) in [6, 6.07) is 22.9. The first-order valence-corrected chi connectivity index (χ1v) is 9.63. The number of aliphatic hydroxyl groups excluding tert-OH is 1. The first-order valence-electron chi connectivity index (χ1n) is 9.63. The maximum Gasteiger partial charge on any atom is 0.340 e. The van der Waals surface area contributed by atoms with E-state index in [2.05, 4.69) is 20.9 Å². The van der Waals surface area contributed by atoms with Crippen molar-refractivity contribution in [2.24, 2.45) is 10.2 Å². The van der Waals surface area contributed by atoms with E-state index in [1.165, 1.54) is 0 Å². The number of esters is 1. The van der Waals surface area contributed by atoms with Crippen molar-refractivity contribution in [1.29, 1.82) is 0 Å². The smallest absolute Gasteiger partial charge is 0.340 e. The van der Waals surface area contributed by atoms with Gasteiger partial charge in [0.25, 0.3) is 5.91 Å². The number of para-hydroxylation sites is 1. The van der Waals surface area contributed by atoms with E-state index in [1.54, 1.807) is 48.5 Å². The highest BCUT2D eigenvalue weighted by Gasteiger charge is 2.14. The molecule has 0 heterocycles. The average molecular weight is 418 g/mol. The standard InChI is InChI=1S/C23H22N4O4/c28-15-14-24-21-9-5-4-8-20(21)23(30)31-16-22(29)25-17-10-12-19(13-11-17)27-26-18-6-2-1-3-7-18/h1-13,24,28H,14-16H2,(H,25,29). The second kappa shape index (κ2) is 11.2. The third-order valence-electron chi connectivity index (χ3n) is 4.10. The normalized spacial score (nSPS) is 10.6. The van der Waals surface area contributed by atoms with Gasteiger partial charge in [0.05, 0.1) is 23.5 Å². The largest absolute Gasteiger partial charge is 0.452 e. The number of aliphatic hydroxyl groups is 1. The number of carbonyl (C=O) groups excluding carboxylic acids is 2. The summed E-state index contributed by atoms with van der Waals surface area (Å²) in [6.07, 6.45) is 0. The van der Waals surface area contributed by atoms with Crippen molar-refractivity contribution in [1.82, 2.24) is 0 Å². The fraction of sp³-hybridized carbons (Fsp3) is 0.130. The first kappa shape index (κ1) is 21.7. The number of amides is 1. The molecule has 0 radical (unpaired) electrons. The van der Waals surface area contributed by atoms with Gasteiger partial charge in [-0.25, -0.2) is 4.79 Å².